The van der Waals surface area contributed by atoms with Crippen molar-refractivity contribution in [3.8, 4) is 5.69 Å². The van der Waals surface area contributed by atoms with E-state index in [1.165, 1.54) is 6.07 Å². The number of aromatic nitrogens is 2. The second kappa shape index (κ2) is 7.10. The van der Waals surface area contributed by atoms with E-state index in [-0.39, 0.29) is 24.1 Å². The first-order chi connectivity index (χ1) is 10.6. The van der Waals surface area contributed by atoms with Crippen molar-refractivity contribution >= 4 is 18.3 Å². The Labute approximate surface area is 140 Å². The molecule has 0 atom stereocenters. The highest BCUT2D eigenvalue weighted by Crippen LogP contribution is 2.28. The quantitative estimate of drug-likeness (QED) is 0.894. The second-order valence-electron chi connectivity index (χ2n) is 5.54. The topological polar surface area (TPSA) is 72.9 Å². The number of aryl methyl sites for hydroxylation is 1. The Bertz CT molecular complexity index is 729. The molecule has 7 heteroatoms. The number of nitrogens with one attached hydrogen (secondary N) is 1. The molecule has 0 aliphatic heterocycles. The van der Waals surface area contributed by atoms with Gasteiger partial charge in [0.15, 0.2) is 5.69 Å². The highest BCUT2D eigenvalue weighted by molar-refractivity contribution is 5.94. The number of nitrogens with two attached hydrogens (primary N) is 1. The summed E-state index contributed by atoms with van der Waals surface area (Å²) in [4.78, 5) is 12.2. The van der Waals surface area contributed by atoms with E-state index >= 15 is 0 Å². The number of amides is 1. The molecule has 5 nitrogen and oxygen atoms in total. The van der Waals surface area contributed by atoms with Crippen LogP contribution in [0.5, 0.6) is 0 Å². The molecule has 0 fully saturated rings. The van der Waals surface area contributed by atoms with Gasteiger partial charge in [-0.3, -0.25) is 4.79 Å². The van der Waals surface area contributed by atoms with Crippen molar-refractivity contribution < 1.29 is 9.18 Å². The van der Waals surface area contributed by atoms with Crippen LogP contribution in [0.2, 0.25) is 0 Å². The lowest BCUT2D eigenvalue weighted by Gasteiger charge is -2.07. The maximum Gasteiger partial charge on any atom is 0.272 e. The number of rotatable bonds is 4. The highest BCUT2D eigenvalue weighted by atomic mass is 35.5. The summed E-state index contributed by atoms with van der Waals surface area (Å²) < 4.78 is 15.8. The summed E-state index contributed by atoms with van der Waals surface area (Å²) in [5.74, 6) is -0.569. The second-order valence-corrected chi connectivity index (χ2v) is 5.54. The van der Waals surface area contributed by atoms with Crippen molar-refractivity contribution in [2.75, 3.05) is 13.1 Å². The Morgan fingerprint density at radius 1 is 1.43 bits per heavy atom. The first-order valence-corrected chi connectivity index (χ1v) is 7.47. The Kier molecular flexibility index (Phi) is 5.38. The molecule has 1 aromatic heterocycles. The number of hydrogen-bond donors (Lipinski definition) is 2. The molecule has 0 saturated carbocycles. The van der Waals surface area contributed by atoms with E-state index in [4.69, 9.17) is 5.73 Å². The molecule has 2 aromatic rings. The molecule has 3 N–H and O–H groups in total. The molecule has 0 radical (unpaired) electrons. The molecule has 3 rings (SSSR count). The summed E-state index contributed by atoms with van der Waals surface area (Å²) in [5.41, 5.74) is 8.90. The molecule has 1 aliphatic rings. The third-order valence-electron chi connectivity index (χ3n) is 3.91. The van der Waals surface area contributed by atoms with Gasteiger partial charge in [0.25, 0.3) is 5.91 Å². The van der Waals surface area contributed by atoms with E-state index in [1.54, 1.807) is 10.7 Å². The van der Waals surface area contributed by atoms with Gasteiger partial charge in [-0.1, -0.05) is 6.07 Å². The van der Waals surface area contributed by atoms with Gasteiger partial charge in [-0.05, 0) is 43.9 Å². The van der Waals surface area contributed by atoms with Crippen molar-refractivity contribution in [1.29, 1.82) is 0 Å². The van der Waals surface area contributed by atoms with Crippen LogP contribution in [-0.4, -0.2) is 28.8 Å². The average Bonchev–Trinajstić information content (AvgIpc) is 3.07. The van der Waals surface area contributed by atoms with E-state index in [0.29, 0.717) is 24.5 Å². The average molecular weight is 339 g/mol. The van der Waals surface area contributed by atoms with Crippen LogP contribution in [0.15, 0.2) is 18.2 Å². The van der Waals surface area contributed by atoms with Gasteiger partial charge in [-0.15, -0.1) is 12.4 Å². The van der Waals surface area contributed by atoms with Crippen LogP contribution >= 0.6 is 12.4 Å². The van der Waals surface area contributed by atoms with Gasteiger partial charge in [0.2, 0.25) is 0 Å². The fourth-order valence-corrected chi connectivity index (χ4v) is 2.87. The number of carbonyl (C=O) groups is 1. The van der Waals surface area contributed by atoms with E-state index in [0.717, 1.165) is 36.1 Å². The smallest absolute Gasteiger partial charge is 0.272 e. The normalized spacial score (nSPS) is 12.7. The fourth-order valence-electron chi connectivity index (χ4n) is 2.87. The zero-order valence-corrected chi connectivity index (χ0v) is 13.8. The Morgan fingerprint density at radius 2 is 2.22 bits per heavy atom. The molecular weight excluding hydrogens is 319 g/mol. The summed E-state index contributed by atoms with van der Waals surface area (Å²) in [6, 6.07) is 5.03. The Hall–Kier alpha value is -1.92. The van der Waals surface area contributed by atoms with E-state index in [2.05, 4.69) is 10.4 Å². The molecule has 1 aliphatic carbocycles. The van der Waals surface area contributed by atoms with Crippen LogP contribution in [0.4, 0.5) is 4.39 Å². The maximum absolute atomic E-state index is 14.2. The van der Waals surface area contributed by atoms with Crippen molar-refractivity contribution in [3.05, 3.63) is 46.5 Å². The van der Waals surface area contributed by atoms with Crippen LogP contribution in [-0.2, 0) is 12.8 Å². The number of fused-ring (bicyclic) bond motifs is 1. The van der Waals surface area contributed by atoms with E-state index in [9.17, 15) is 9.18 Å². The van der Waals surface area contributed by atoms with E-state index < -0.39 is 0 Å². The SMILES string of the molecule is Cc1ccc(-n2nc(C(=O)NCCN)c3c2CCC3)c(F)c1.Cl. The van der Waals surface area contributed by atoms with E-state index in [1.807, 2.05) is 13.0 Å². The zero-order valence-electron chi connectivity index (χ0n) is 12.9. The van der Waals surface area contributed by atoms with Crippen LogP contribution in [0.1, 0.15) is 33.7 Å². The minimum atomic E-state index is -0.328. The monoisotopic (exact) mass is 338 g/mol. The highest BCUT2D eigenvalue weighted by Gasteiger charge is 2.27. The van der Waals surface area contributed by atoms with Gasteiger partial charge in [-0.25, -0.2) is 9.07 Å². The van der Waals surface area contributed by atoms with Crippen molar-refractivity contribution in [2.45, 2.75) is 26.2 Å². The number of nitrogens with zero attached hydrogens (tertiary/aromatic N) is 2. The molecule has 1 amide bonds. The third-order valence-corrected chi connectivity index (χ3v) is 3.91. The summed E-state index contributed by atoms with van der Waals surface area (Å²) >= 11 is 0. The van der Waals surface area contributed by atoms with Crippen molar-refractivity contribution in [1.82, 2.24) is 15.1 Å². The standard InChI is InChI=1S/C16H19FN4O.ClH/c1-10-5-6-14(12(17)9-10)21-13-4-2-3-11(13)15(20-21)16(22)19-8-7-18;/h5-6,9H,2-4,7-8,18H2,1H3,(H,19,22);1H. The Morgan fingerprint density at radius 3 is 2.91 bits per heavy atom. The lowest BCUT2D eigenvalue weighted by atomic mass is 10.2. The van der Waals surface area contributed by atoms with Crippen molar-refractivity contribution in [3.63, 3.8) is 0 Å². The Balaban J connectivity index is 0.00000192. The molecule has 23 heavy (non-hydrogen) atoms. The van der Waals surface area contributed by atoms with Gasteiger partial charge >= 0.3 is 0 Å². The molecule has 1 aromatic carbocycles. The first-order valence-electron chi connectivity index (χ1n) is 7.47. The molecule has 1 heterocycles. The van der Waals surface area contributed by atoms with Crippen LogP contribution in [0.3, 0.4) is 0 Å². The number of carbonyl (C=O) groups excluding carboxylic acids is 1. The van der Waals surface area contributed by atoms with Gasteiger partial charge in [0.1, 0.15) is 11.5 Å². The molecule has 0 bridgehead atoms. The largest absolute Gasteiger partial charge is 0.349 e. The van der Waals surface area contributed by atoms with Crippen LogP contribution in [0, 0.1) is 12.7 Å². The van der Waals surface area contributed by atoms with Gasteiger partial charge in [0, 0.05) is 24.3 Å². The lowest BCUT2D eigenvalue weighted by molar-refractivity contribution is 0.0948. The van der Waals surface area contributed by atoms with Gasteiger partial charge in [0.05, 0.1) is 0 Å². The molecular formula is C16H20ClFN4O. The summed E-state index contributed by atoms with van der Waals surface area (Å²) in [6.45, 7) is 2.62. The van der Waals surface area contributed by atoms with Gasteiger partial charge in [-0.2, -0.15) is 5.10 Å². The first kappa shape index (κ1) is 17.4. The van der Waals surface area contributed by atoms with Gasteiger partial charge < -0.3 is 11.1 Å². The van der Waals surface area contributed by atoms with Crippen LogP contribution in [0.25, 0.3) is 5.69 Å². The molecule has 0 spiro atoms. The molecule has 0 unspecified atom stereocenters. The minimum Gasteiger partial charge on any atom is -0.349 e. The number of hydrogen-bond acceptors (Lipinski definition) is 3. The lowest BCUT2D eigenvalue weighted by Crippen LogP contribution is -2.30. The zero-order chi connectivity index (χ0) is 15.7. The summed E-state index contributed by atoms with van der Waals surface area (Å²) in [5, 5.41) is 7.10. The number of benzene rings is 1. The maximum atomic E-state index is 14.2. The third kappa shape index (κ3) is 3.23. The summed E-state index contributed by atoms with van der Waals surface area (Å²) in [7, 11) is 0. The number of halogens is 2. The molecule has 0 saturated heterocycles. The minimum absolute atomic E-state index is 0. The predicted octanol–water partition coefficient (Wildman–Crippen LogP) is 1.92. The molecule has 124 valence electrons. The van der Waals surface area contributed by atoms with Crippen LogP contribution < -0.4 is 11.1 Å². The summed E-state index contributed by atoms with van der Waals surface area (Å²) in [6.07, 6.45) is 2.56. The van der Waals surface area contributed by atoms with Crippen molar-refractivity contribution in [2.24, 2.45) is 5.73 Å². The fraction of sp³-hybridized carbons (Fsp3) is 0.375. The predicted molar refractivity (Wildman–Crippen MR) is 88.9 cm³/mol.